The highest BCUT2D eigenvalue weighted by Gasteiger charge is 2.21. The third-order valence-electron chi connectivity index (χ3n) is 5.03. The number of carbonyl (C=O) groups excluding carboxylic acids is 1. The third kappa shape index (κ3) is 6.03. The smallest absolute Gasteiger partial charge is 0.306 e. The number of rotatable bonds is 9. The molecule has 0 bridgehead atoms. The van der Waals surface area contributed by atoms with Crippen LogP contribution in [0.1, 0.15) is 35.2 Å². The molecule has 0 radical (unpaired) electrons. The Bertz CT molecular complexity index is 948. The van der Waals surface area contributed by atoms with E-state index in [0.29, 0.717) is 17.0 Å². The van der Waals surface area contributed by atoms with E-state index in [1.54, 1.807) is 12.1 Å². The van der Waals surface area contributed by atoms with Crippen molar-refractivity contribution in [1.82, 2.24) is 0 Å². The monoisotopic (exact) mass is 406 g/mol. The summed E-state index contributed by atoms with van der Waals surface area (Å²) in [6.45, 7) is 0. The SMILES string of the molecule is O=C(C[C@H](CCCc1ccccc1)C(=O)O)c1ccc(-c2ccc(Cl)cc2)cc1. The fourth-order valence-electron chi connectivity index (χ4n) is 3.34. The van der Waals surface area contributed by atoms with Gasteiger partial charge in [-0.05, 0) is 48.1 Å². The first kappa shape index (κ1) is 20.8. The molecule has 0 heterocycles. The van der Waals surface area contributed by atoms with Crippen LogP contribution >= 0.6 is 11.6 Å². The maximum absolute atomic E-state index is 12.6. The van der Waals surface area contributed by atoms with Gasteiger partial charge in [-0.2, -0.15) is 0 Å². The minimum absolute atomic E-state index is 0.0183. The van der Waals surface area contributed by atoms with E-state index in [1.807, 2.05) is 66.7 Å². The summed E-state index contributed by atoms with van der Waals surface area (Å²) in [6.07, 6.45) is 2.06. The topological polar surface area (TPSA) is 54.4 Å². The molecule has 29 heavy (non-hydrogen) atoms. The molecular weight excluding hydrogens is 384 g/mol. The molecule has 0 saturated carbocycles. The van der Waals surface area contributed by atoms with Crippen LogP contribution in [0.4, 0.5) is 0 Å². The minimum atomic E-state index is -0.913. The highest BCUT2D eigenvalue weighted by molar-refractivity contribution is 6.30. The lowest BCUT2D eigenvalue weighted by atomic mass is 9.92. The number of halogens is 1. The molecule has 0 unspecified atom stereocenters. The van der Waals surface area contributed by atoms with Gasteiger partial charge in [0.05, 0.1) is 5.92 Å². The molecule has 0 fully saturated rings. The van der Waals surface area contributed by atoms with Crippen LogP contribution in [-0.2, 0) is 11.2 Å². The quantitative estimate of drug-likeness (QED) is 0.424. The number of hydrogen-bond donors (Lipinski definition) is 1. The van der Waals surface area contributed by atoms with Gasteiger partial charge in [0, 0.05) is 17.0 Å². The van der Waals surface area contributed by atoms with Crippen LogP contribution < -0.4 is 0 Å². The molecule has 0 saturated heterocycles. The molecule has 1 N–H and O–H groups in total. The van der Waals surface area contributed by atoms with Crippen LogP contribution in [0, 0.1) is 5.92 Å². The van der Waals surface area contributed by atoms with E-state index >= 15 is 0 Å². The molecule has 0 aliphatic rings. The average Bonchev–Trinajstić information content (AvgIpc) is 2.74. The molecule has 3 aromatic carbocycles. The summed E-state index contributed by atoms with van der Waals surface area (Å²) in [5, 5.41) is 10.2. The predicted octanol–water partition coefficient (Wildman–Crippen LogP) is 6.30. The fraction of sp³-hybridized carbons (Fsp3) is 0.200. The van der Waals surface area contributed by atoms with Crippen LogP contribution in [0.15, 0.2) is 78.9 Å². The first-order valence-electron chi connectivity index (χ1n) is 9.69. The van der Waals surface area contributed by atoms with Gasteiger partial charge < -0.3 is 5.11 Å². The highest BCUT2D eigenvalue weighted by atomic mass is 35.5. The third-order valence-corrected chi connectivity index (χ3v) is 5.28. The Morgan fingerprint density at radius 1 is 0.828 bits per heavy atom. The number of hydrogen-bond acceptors (Lipinski definition) is 2. The summed E-state index contributed by atoms with van der Waals surface area (Å²) >= 11 is 5.92. The lowest BCUT2D eigenvalue weighted by Gasteiger charge is -2.12. The van der Waals surface area contributed by atoms with Crippen LogP contribution in [-0.4, -0.2) is 16.9 Å². The largest absolute Gasteiger partial charge is 0.481 e. The van der Waals surface area contributed by atoms with Crippen molar-refractivity contribution in [2.24, 2.45) is 5.92 Å². The summed E-state index contributed by atoms with van der Waals surface area (Å²) in [7, 11) is 0. The van der Waals surface area contributed by atoms with Crippen molar-refractivity contribution in [3.63, 3.8) is 0 Å². The van der Waals surface area contributed by atoms with E-state index in [9.17, 15) is 14.7 Å². The summed E-state index contributed by atoms with van der Waals surface area (Å²) < 4.78 is 0. The normalized spacial score (nSPS) is 11.8. The van der Waals surface area contributed by atoms with E-state index < -0.39 is 11.9 Å². The Kier molecular flexibility index (Phi) is 7.20. The van der Waals surface area contributed by atoms with Gasteiger partial charge in [0.25, 0.3) is 0 Å². The maximum atomic E-state index is 12.6. The first-order chi connectivity index (χ1) is 14.0. The van der Waals surface area contributed by atoms with E-state index in [0.717, 1.165) is 24.0 Å². The Labute approximate surface area is 176 Å². The molecule has 3 rings (SSSR count). The number of aliphatic carboxylic acids is 1. The van der Waals surface area contributed by atoms with Crippen LogP contribution in [0.25, 0.3) is 11.1 Å². The summed E-state index contributed by atoms with van der Waals surface area (Å²) in [6, 6.07) is 24.7. The molecule has 148 valence electrons. The van der Waals surface area contributed by atoms with Crippen LogP contribution in [0.5, 0.6) is 0 Å². The molecule has 4 heteroatoms. The van der Waals surface area contributed by atoms with E-state index in [2.05, 4.69) is 0 Å². The minimum Gasteiger partial charge on any atom is -0.481 e. The molecule has 0 aliphatic carbocycles. The van der Waals surface area contributed by atoms with Crippen molar-refractivity contribution in [2.75, 3.05) is 0 Å². The van der Waals surface area contributed by atoms with E-state index in [-0.39, 0.29) is 12.2 Å². The van der Waals surface area contributed by atoms with Gasteiger partial charge >= 0.3 is 5.97 Å². The zero-order valence-corrected chi connectivity index (χ0v) is 16.8. The molecule has 0 aromatic heterocycles. The number of benzene rings is 3. The van der Waals surface area contributed by atoms with E-state index in [4.69, 9.17) is 11.6 Å². The first-order valence-corrected chi connectivity index (χ1v) is 10.1. The number of carboxylic acid groups (broad SMARTS) is 1. The van der Waals surface area contributed by atoms with Crippen LogP contribution in [0.3, 0.4) is 0 Å². The Morgan fingerprint density at radius 3 is 2.00 bits per heavy atom. The second kappa shape index (κ2) is 10.0. The Morgan fingerprint density at radius 2 is 1.41 bits per heavy atom. The molecular formula is C25H23ClO3. The van der Waals surface area contributed by atoms with Crippen molar-refractivity contribution < 1.29 is 14.7 Å². The van der Waals surface area contributed by atoms with Gasteiger partial charge in [-0.15, -0.1) is 0 Å². The van der Waals surface area contributed by atoms with Crippen molar-refractivity contribution >= 4 is 23.4 Å². The number of carboxylic acids is 1. The second-order valence-electron chi connectivity index (χ2n) is 7.12. The van der Waals surface area contributed by atoms with Gasteiger partial charge in [-0.25, -0.2) is 0 Å². The van der Waals surface area contributed by atoms with Crippen molar-refractivity contribution in [2.45, 2.75) is 25.7 Å². The highest BCUT2D eigenvalue weighted by Crippen LogP contribution is 2.23. The lowest BCUT2D eigenvalue weighted by Crippen LogP contribution is -2.18. The van der Waals surface area contributed by atoms with Gasteiger partial charge in [0.2, 0.25) is 0 Å². The molecule has 0 amide bonds. The van der Waals surface area contributed by atoms with Crippen molar-refractivity contribution in [3.05, 3.63) is 95.0 Å². The molecule has 0 spiro atoms. The standard InChI is InChI=1S/C25H23ClO3/c26-23-15-13-20(14-16-23)19-9-11-21(12-10-19)24(27)17-22(25(28)29)8-4-7-18-5-2-1-3-6-18/h1-3,5-6,9-16,22H,4,7-8,17H2,(H,28,29)/t22-/m0/s1. The molecule has 1 atom stereocenters. The number of aryl methyl sites for hydroxylation is 1. The van der Waals surface area contributed by atoms with Gasteiger partial charge in [0.15, 0.2) is 5.78 Å². The number of ketones is 1. The molecule has 3 nitrogen and oxygen atoms in total. The van der Waals surface area contributed by atoms with E-state index in [1.165, 1.54) is 5.56 Å². The molecule has 3 aromatic rings. The average molecular weight is 407 g/mol. The van der Waals surface area contributed by atoms with Gasteiger partial charge in [0.1, 0.15) is 0 Å². The van der Waals surface area contributed by atoms with Crippen LogP contribution in [0.2, 0.25) is 5.02 Å². The van der Waals surface area contributed by atoms with Gasteiger partial charge in [-0.1, -0.05) is 78.3 Å². The zero-order chi connectivity index (χ0) is 20.6. The number of Topliss-reactive ketones (excluding diaryl/α,β-unsaturated/α-hetero) is 1. The number of carbonyl (C=O) groups is 2. The van der Waals surface area contributed by atoms with Gasteiger partial charge in [-0.3, -0.25) is 9.59 Å². The predicted molar refractivity (Wildman–Crippen MR) is 116 cm³/mol. The fourth-order valence-corrected chi connectivity index (χ4v) is 3.47. The zero-order valence-electron chi connectivity index (χ0n) is 16.1. The Hall–Kier alpha value is -2.91. The summed E-state index contributed by atoms with van der Waals surface area (Å²) in [4.78, 5) is 24.2. The molecule has 0 aliphatic heterocycles. The lowest BCUT2D eigenvalue weighted by molar-refractivity contribution is -0.141. The Balaban J connectivity index is 1.59. The summed E-state index contributed by atoms with van der Waals surface area (Å²) in [5.41, 5.74) is 3.71. The van der Waals surface area contributed by atoms with Crippen molar-refractivity contribution in [1.29, 1.82) is 0 Å². The maximum Gasteiger partial charge on any atom is 0.306 e. The van der Waals surface area contributed by atoms with Crippen molar-refractivity contribution in [3.8, 4) is 11.1 Å². The second-order valence-corrected chi connectivity index (χ2v) is 7.56. The summed E-state index contributed by atoms with van der Waals surface area (Å²) in [5.74, 6) is -1.72.